The van der Waals surface area contributed by atoms with Crippen molar-refractivity contribution in [3.63, 3.8) is 0 Å². The first-order valence-corrected chi connectivity index (χ1v) is 17.0. The van der Waals surface area contributed by atoms with Gasteiger partial charge in [-0.05, 0) is 106 Å². The number of fused-ring (bicyclic) bond motifs is 3. The van der Waals surface area contributed by atoms with Gasteiger partial charge in [0.2, 0.25) is 0 Å². The van der Waals surface area contributed by atoms with Crippen LogP contribution in [0.2, 0.25) is 0 Å². The van der Waals surface area contributed by atoms with Gasteiger partial charge in [0.25, 0.3) is 0 Å². The maximum Gasteiger partial charge on any atom is 0.319 e. The molecular formula is C36H48N6O3. The van der Waals surface area contributed by atoms with Gasteiger partial charge in [0.1, 0.15) is 18.7 Å². The molecule has 0 radical (unpaired) electrons. The lowest BCUT2D eigenvalue weighted by Crippen LogP contribution is -2.43. The van der Waals surface area contributed by atoms with E-state index in [1.54, 1.807) is 7.11 Å². The highest BCUT2D eigenvalue weighted by Gasteiger charge is 2.45. The van der Waals surface area contributed by atoms with Crippen molar-refractivity contribution in [1.29, 1.82) is 0 Å². The summed E-state index contributed by atoms with van der Waals surface area (Å²) in [5.41, 5.74) is 6.88. The summed E-state index contributed by atoms with van der Waals surface area (Å²) in [6, 6.07) is 9.32. The van der Waals surface area contributed by atoms with E-state index in [1.165, 1.54) is 55.5 Å². The Hall–Kier alpha value is -3.27. The molecule has 4 aromatic rings. The number of hydrogen-bond acceptors (Lipinski definition) is 8. The van der Waals surface area contributed by atoms with Crippen LogP contribution in [-0.2, 0) is 9.47 Å². The van der Waals surface area contributed by atoms with E-state index in [4.69, 9.17) is 29.3 Å². The molecule has 3 fully saturated rings. The monoisotopic (exact) mass is 612 g/mol. The number of anilines is 1. The number of aryl methyl sites for hydroxylation is 2. The maximum absolute atomic E-state index is 6.59. The molecule has 0 aliphatic carbocycles. The van der Waals surface area contributed by atoms with Crippen LogP contribution < -0.4 is 9.64 Å². The van der Waals surface area contributed by atoms with Crippen LogP contribution >= 0.6 is 0 Å². The van der Waals surface area contributed by atoms with E-state index in [-0.39, 0.29) is 11.8 Å². The number of unbranched alkanes of at least 4 members (excludes halogenated alkanes) is 1. The molecule has 1 atom stereocenters. The number of aromatic nitrogens is 4. The zero-order chi connectivity index (χ0) is 31.0. The zero-order valence-corrected chi connectivity index (χ0v) is 27.5. The van der Waals surface area contributed by atoms with E-state index in [2.05, 4.69) is 54.8 Å². The van der Waals surface area contributed by atoms with Crippen molar-refractivity contribution in [2.75, 3.05) is 58.0 Å². The lowest BCUT2D eigenvalue weighted by Gasteiger charge is -2.31. The molecule has 3 aliphatic rings. The standard InChI is InChI=1S/C36H48N6O3/c1-5-6-10-31(43-4)42-30-14-11-25(2)32(29(30)23-37-42)27-12-13-28-33(26(27)3)38-35(39-34(28)40-17-9-21-44-22-20-40)45-24-36-15-7-18-41(36)19-8-16-36/h11-14,23,31H,5-10,15-22,24H2,1-4H3. The van der Waals surface area contributed by atoms with Crippen LogP contribution in [-0.4, -0.2) is 83.3 Å². The van der Waals surface area contributed by atoms with Gasteiger partial charge in [0.05, 0.1) is 29.4 Å². The fourth-order valence-electron chi connectivity index (χ4n) is 8.03. The molecule has 0 saturated carbocycles. The molecule has 0 amide bonds. The van der Waals surface area contributed by atoms with Gasteiger partial charge in [0.15, 0.2) is 0 Å². The summed E-state index contributed by atoms with van der Waals surface area (Å²) in [6.07, 6.45) is 10.9. The predicted molar refractivity (Wildman–Crippen MR) is 179 cm³/mol. The molecule has 3 aliphatic heterocycles. The first-order chi connectivity index (χ1) is 22.0. The average Bonchev–Trinajstić information content (AvgIpc) is 3.70. The van der Waals surface area contributed by atoms with Crippen LogP contribution in [0.15, 0.2) is 30.5 Å². The largest absolute Gasteiger partial charge is 0.461 e. The number of ether oxygens (including phenoxy) is 3. The smallest absolute Gasteiger partial charge is 0.319 e. The van der Waals surface area contributed by atoms with Crippen LogP contribution in [0.25, 0.3) is 32.9 Å². The van der Waals surface area contributed by atoms with Crippen LogP contribution in [0.4, 0.5) is 5.82 Å². The highest BCUT2D eigenvalue weighted by Crippen LogP contribution is 2.41. The van der Waals surface area contributed by atoms with E-state index < -0.39 is 0 Å². The van der Waals surface area contributed by atoms with Gasteiger partial charge >= 0.3 is 6.01 Å². The van der Waals surface area contributed by atoms with Crippen molar-refractivity contribution in [2.24, 2.45) is 0 Å². The van der Waals surface area contributed by atoms with Crippen molar-refractivity contribution < 1.29 is 14.2 Å². The Kier molecular flexibility index (Phi) is 8.68. The van der Waals surface area contributed by atoms with Gasteiger partial charge in [-0.3, -0.25) is 4.90 Å². The van der Waals surface area contributed by atoms with Crippen molar-refractivity contribution in [2.45, 2.75) is 83.9 Å². The SMILES string of the molecule is CCCCC(OC)n1ncc2c(-c3ccc4c(N5CCCOCC5)nc(OCC56CCCN5CCC6)nc4c3C)c(C)ccc21. The summed E-state index contributed by atoms with van der Waals surface area (Å²) >= 11 is 0. The van der Waals surface area contributed by atoms with E-state index in [1.807, 2.05) is 10.9 Å². The first kappa shape index (κ1) is 30.4. The second kappa shape index (κ2) is 12.9. The van der Waals surface area contributed by atoms with Crippen molar-refractivity contribution >= 4 is 27.6 Å². The first-order valence-electron chi connectivity index (χ1n) is 17.0. The van der Waals surface area contributed by atoms with Crippen molar-refractivity contribution in [3.8, 4) is 17.1 Å². The molecule has 0 N–H and O–H groups in total. The Morgan fingerprint density at radius 3 is 2.60 bits per heavy atom. The molecular weight excluding hydrogens is 564 g/mol. The van der Waals surface area contributed by atoms with Crippen LogP contribution in [0.1, 0.15) is 75.6 Å². The second-order valence-corrected chi connectivity index (χ2v) is 13.2. The predicted octanol–water partition coefficient (Wildman–Crippen LogP) is 6.83. The highest BCUT2D eigenvalue weighted by atomic mass is 16.5. The molecule has 3 saturated heterocycles. The minimum Gasteiger partial charge on any atom is -0.461 e. The highest BCUT2D eigenvalue weighted by molar-refractivity contribution is 6.02. The van der Waals surface area contributed by atoms with Crippen LogP contribution in [0, 0.1) is 13.8 Å². The average molecular weight is 613 g/mol. The molecule has 0 spiro atoms. The summed E-state index contributed by atoms with van der Waals surface area (Å²) in [5, 5.41) is 7.04. The Bertz CT molecular complexity index is 1650. The minimum absolute atomic E-state index is 0.0848. The summed E-state index contributed by atoms with van der Waals surface area (Å²) in [5.74, 6) is 0.948. The van der Waals surface area contributed by atoms with E-state index >= 15 is 0 Å². The molecule has 240 valence electrons. The Balaban J connectivity index is 1.33. The van der Waals surface area contributed by atoms with E-state index in [0.717, 1.165) is 78.6 Å². The summed E-state index contributed by atoms with van der Waals surface area (Å²) < 4.78 is 20.3. The minimum atomic E-state index is -0.0848. The van der Waals surface area contributed by atoms with E-state index in [0.29, 0.717) is 19.2 Å². The quantitative estimate of drug-likeness (QED) is 0.193. The lowest BCUT2D eigenvalue weighted by atomic mass is 9.92. The third-order valence-corrected chi connectivity index (χ3v) is 10.5. The number of hydrogen-bond donors (Lipinski definition) is 0. The molecule has 5 heterocycles. The summed E-state index contributed by atoms with van der Waals surface area (Å²) in [7, 11) is 1.78. The molecule has 9 heteroatoms. The fraction of sp³-hybridized carbons (Fsp3) is 0.583. The number of nitrogens with zero attached hydrogens (tertiary/aromatic N) is 6. The topological polar surface area (TPSA) is 77.8 Å². The molecule has 1 unspecified atom stereocenters. The Morgan fingerprint density at radius 2 is 1.80 bits per heavy atom. The van der Waals surface area contributed by atoms with Crippen LogP contribution in [0.3, 0.4) is 0 Å². The van der Waals surface area contributed by atoms with Gasteiger partial charge in [-0.2, -0.15) is 15.1 Å². The second-order valence-electron chi connectivity index (χ2n) is 13.2. The molecule has 2 aromatic heterocycles. The lowest BCUT2D eigenvalue weighted by molar-refractivity contribution is 0.0288. The molecule has 2 aromatic carbocycles. The van der Waals surface area contributed by atoms with Crippen LogP contribution in [0.5, 0.6) is 6.01 Å². The third-order valence-electron chi connectivity index (χ3n) is 10.5. The van der Waals surface area contributed by atoms with Gasteiger partial charge in [-0.15, -0.1) is 0 Å². The van der Waals surface area contributed by atoms with Gasteiger partial charge in [-0.1, -0.05) is 25.5 Å². The number of benzene rings is 2. The zero-order valence-electron chi connectivity index (χ0n) is 27.5. The van der Waals surface area contributed by atoms with Crippen molar-refractivity contribution in [3.05, 3.63) is 41.6 Å². The molecule has 9 nitrogen and oxygen atoms in total. The molecule has 45 heavy (non-hydrogen) atoms. The Labute approximate surface area is 266 Å². The van der Waals surface area contributed by atoms with Crippen molar-refractivity contribution in [1.82, 2.24) is 24.6 Å². The van der Waals surface area contributed by atoms with Gasteiger partial charge in [-0.25, -0.2) is 4.68 Å². The maximum atomic E-state index is 6.59. The third kappa shape index (κ3) is 5.57. The van der Waals surface area contributed by atoms with Gasteiger partial charge < -0.3 is 19.1 Å². The number of methoxy groups -OCH3 is 1. The summed E-state index contributed by atoms with van der Waals surface area (Å²) in [6.45, 7) is 12.8. The summed E-state index contributed by atoms with van der Waals surface area (Å²) in [4.78, 5) is 15.2. The van der Waals surface area contributed by atoms with E-state index in [9.17, 15) is 0 Å². The fourth-order valence-corrected chi connectivity index (χ4v) is 8.03. The Morgan fingerprint density at radius 1 is 0.956 bits per heavy atom. The molecule has 0 bridgehead atoms. The molecule has 7 rings (SSSR count). The van der Waals surface area contributed by atoms with Gasteiger partial charge in [0, 0.05) is 37.6 Å². The number of rotatable bonds is 10. The normalized spacial score (nSPS) is 19.3.